The second-order valence-corrected chi connectivity index (χ2v) is 8.82. The lowest BCUT2D eigenvalue weighted by molar-refractivity contribution is 0.0342. The normalized spacial score (nSPS) is 13.7. The fraction of sp³-hybridized carbons (Fsp3) is 0.214. The summed E-state index contributed by atoms with van der Waals surface area (Å²) in [6.45, 7) is 4.32. The Morgan fingerprint density at radius 2 is 1.95 bits per heavy atom. The Morgan fingerprint density at radius 1 is 1.08 bits per heavy atom. The Kier molecular flexibility index (Phi) is 6.68. The number of aromatic nitrogens is 6. The summed E-state index contributed by atoms with van der Waals surface area (Å²) in [5, 5.41) is 10.7. The molecule has 0 atom stereocenters. The number of hydrogen-bond acceptors (Lipinski definition) is 8. The van der Waals surface area contributed by atoms with Crippen LogP contribution in [-0.4, -0.2) is 68.4 Å². The number of H-pyrrole nitrogens is 2. The number of aromatic amines is 2. The van der Waals surface area contributed by atoms with Crippen LogP contribution in [0.4, 0.5) is 11.5 Å². The van der Waals surface area contributed by atoms with Crippen molar-refractivity contribution in [3.63, 3.8) is 0 Å². The van der Waals surface area contributed by atoms with Crippen LogP contribution < -0.4 is 10.1 Å². The van der Waals surface area contributed by atoms with Crippen LogP contribution in [-0.2, 0) is 11.3 Å². The highest BCUT2D eigenvalue weighted by Gasteiger charge is 2.17. The maximum atomic E-state index is 5.48. The second-order valence-electron chi connectivity index (χ2n) is 8.82. The molecule has 0 unspecified atom stereocenters. The monoisotopic (exact) mass is 506 g/mol. The van der Waals surface area contributed by atoms with Crippen molar-refractivity contribution in [3.05, 3.63) is 77.9 Å². The van der Waals surface area contributed by atoms with Crippen molar-refractivity contribution in [2.45, 2.75) is 6.54 Å². The number of rotatable bonds is 6. The number of ether oxygens (including phenoxy) is 2. The molecule has 0 bridgehead atoms. The van der Waals surface area contributed by atoms with E-state index in [0.717, 1.165) is 49.4 Å². The predicted octanol–water partition coefficient (Wildman–Crippen LogP) is 3.73. The zero-order chi connectivity index (χ0) is 25.7. The van der Waals surface area contributed by atoms with Crippen molar-refractivity contribution in [1.29, 1.82) is 0 Å². The summed E-state index contributed by atoms with van der Waals surface area (Å²) < 4.78 is 10.9. The third-order valence-electron chi connectivity index (χ3n) is 6.24. The zero-order valence-electron chi connectivity index (χ0n) is 20.9. The van der Waals surface area contributed by atoms with Crippen LogP contribution in [0.25, 0.3) is 22.6 Å². The zero-order valence-corrected chi connectivity index (χ0v) is 20.9. The SMILES string of the molecule is COc1cnc(C#Cc2ccccc2)nc1Nc1c[nH]nc1-c1nc2cc(CN3CCOCC3)ccc2[nH]1. The number of anilines is 2. The smallest absolute Gasteiger partial charge is 0.207 e. The Hall–Kier alpha value is -4.72. The molecule has 1 fully saturated rings. The van der Waals surface area contributed by atoms with Gasteiger partial charge in [-0.05, 0) is 35.7 Å². The molecule has 10 nitrogen and oxygen atoms in total. The van der Waals surface area contributed by atoms with Crippen LogP contribution in [0, 0.1) is 11.8 Å². The first-order valence-electron chi connectivity index (χ1n) is 12.3. The molecule has 1 aliphatic heterocycles. The maximum absolute atomic E-state index is 5.48. The molecule has 0 amide bonds. The van der Waals surface area contributed by atoms with Gasteiger partial charge in [-0.3, -0.25) is 10.00 Å². The van der Waals surface area contributed by atoms with Gasteiger partial charge in [0.25, 0.3) is 0 Å². The first-order chi connectivity index (χ1) is 18.7. The van der Waals surface area contributed by atoms with Gasteiger partial charge >= 0.3 is 0 Å². The Morgan fingerprint density at radius 3 is 2.79 bits per heavy atom. The summed E-state index contributed by atoms with van der Waals surface area (Å²) in [6.07, 6.45) is 3.35. The quantitative estimate of drug-likeness (QED) is 0.298. The number of nitrogens with one attached hydrogen (secondary N) is 3. The lowest BCUT2D eigenvalue weighted by Crippen LogP contribution is -2.35. The van der Waals surface area contributed by atoms with E-state index in [1.807, 2.05) is 30.3 Å². The lowest BCUT2D eigenvalue weighted by atomic mass is 10.2. The Labute approximate surface area is 219 Å². The van der Waals surface area contributed by atoms with Crippen LogP contribution in [0.5, 0.6) is 5.75 Å². The van der Waals surface area contributed by atoms with Gasteiger partial charge in [0.1, 0.15) is 0 Å². The summed E-state index contributed by atoms with van der Waals surface area (Å²) in [4.78, 5) is 19.5. The molecule has 0 radical (unpaired) electrons. The van der Waals surface area contributed by atoms with E-state index in [0.29, 0.717) is 34.6 Å². The largest absolute Gasteiger partial charge is 0.491 e. The van der Waals surface area contributed by atoms with Crippen molar-refractivity contribution < 1.29 is 9.47 Å². The van der Waals surface area contributed by atoms with Gasteiger partial charge in [-0.1, -0.05) is 30.2 Å². The number of hydrogen-bond donors (Lipinski definition) is 3. The van der Waals surface area contributed by atoms with Gasteiger partial charge in [0, 0.05) is 31.4 Å². The molecule has 3 N–H and O–H groups in total. The standard InChI is InChI=1S/C28H26N8O2/c1-37-24-17-29-25(10-8-19-5-3-2-4-6-19)34-27(24)33-23-16-30-35-26(23)28-31-21-9-7-20(15-22(21)32-28)18-36-11-13-38-14-12-36/h2-7,9,15-17H,11-14,18H2,1H3,(H,30,35)(H,31,32)(H,29,33,34). The van der Waals surface area contributed by atoms with E-state index in [1.54, 1.807) is 19.5 Å². The lowest BCUT2D eigenvalue weighted by Gasteiger charge is -2.26. The van der Waals surface area contributed by atoms with Crippen LogP contribution in [0.2, 0.25) is 0 Å². The van der Waals surface area contributed by atoms with Gasteiger partial charge in [-0.15, -0.1) is 0 Å². The summed E-state index contributed by atoms with van der Waals surface area (Å²) >= 11 is 0. The molecule has 1 aliphatic rings. The second kappa shape index (κ2) is 10.7. The minimum Gasteiger partial charge on any atom is -0.491 e. The molecule has 6 rings (SSSR count). The Balaban J connectivity index is 1.25. The van der Waals surface area contributed by atoms with E-state index in [4.69, 9.17) is 14.5 Å². The maximum Gasteiger partial charge on any atom is 0.207 e. The van der Waals surface area contributed by atoms with Gasteiger partial charge in [-0.2, -0.15) is 10.1 Å². The molecule has 3 aromatic heterocycles. The average Bonchev–Trinajstić information content (AvgIpc) is 3.59. The van der Waals surface area contributed by atoms with Gasteiger partial charge in [-0.25, -0.2) is 9.97 Å². The van der Waals surface area contributed by atoms with E-state index in [9.17, 15) is 0 Å². The highest BCUT2D eigenvalue weighted by atomic mass is 16.5. The third kappa shape index (κ3) is 5.20. The summed E-state index contributed by atoms with van der Waals surface area (Å²) in [5.41, 5.74) is 5.25. The summed E-state index contributed by atoms with van der Waals surface area (Å²) in [6, 6.07) is 16.0. The molecule has 38 heavy (non-hydrogen) atoms. The average molecular weight is 507 g/mol. The van der Waals surface area contributed by atoms with Crippen molar-refractivity contribution in [2.24, 2.45) is 0 Å². The van der Waals surface area contributed by atoms with Gasteiger partial charge in [0.15, 0.2) is 23.1 Å². The van der Waals surface area contributed by atoms with Crippen LogP contribution >= 0.6 is 0 Å². The molecule has 4 heterocycles. The van der Waals surface area contributed by atoms with E-state index in [2.05, 4.69) is 65.4 Å². The molecular formula is C28H26N8O2. The molecule has 0 saturated carbocycles. The number of methoxy groups -OCH3 is 1. The molecule has 0 spiro atoms. The number of imidazole rings is 1. The molecule has 190 valence electrons. The third-order valence-corrected chi connectivity index (χ3v) is 6.24. The fourth-order valence-corrected chi connectivity index (χ4v) is 4.29. The van der Waals surface area contributed by atoms with E-state index in [-0.39, 0.29) is 0 Å². The Bertz CT molecular complexity index is 1610. The number of benzene rings is 2. The van der Waals surface area contributed by atoms with E-state index < -0.39 is 0 Å². The van der Waals surface area contributed by atoms with E-state index in [1.165, 1.54) is 5.56 Å². The predicted molar refractivity (Wildman–Crippen MR) is 144 cm³/mol. The first kappa shape index (κ1) is 23.7. The van der Waals surface area contributed by atoms with Crippen molar-refractivity contribution in [1.82, 2.24) is 35.0 Å². The summed E-state index contributed by atoms with van der Waals surface area (Å²) in [7, 11) is 1.57. The molecule has 10 heteroatoms. The van der Waals surface area contributed by atoms with Crippen LogP contribution in [0.1, 0.15) is 17.0 Å². The van der Waals surface area contributed by atoms with Gasteiger partial charge in [0.05, 0.1) is 43.2 Å². The van der Waals surface area contributed by atoms with E-state index >= 15 is 0 Å². The minimum atomic E-state index is 0.374. The minimum absolute atomic E-state index is 0.374. The topological polar surface area (TPSA) is 117 Å². The molecule has 2 aromatic carbocycles. The van der Waals surface area contributed by atoms with Crippen LogP contribution in [0.15, 0.2) is 60.9 Å². The highest BCUT2D eigenvalue weighted by Crippen LogP contribution is 2.31. The van der Waals surface area contributed by atoms with Crippen molar-refractivity contribution in [2.75, 3.05) is 38.7 Å². The fourth-order valence-electron chi connectivity index (χ4n) is 4.29. The van der Waals surface area contributed by atoms with Crippen molar-refractivity contribution in [3.8, 4) is 29.1 Å². The van der Waals surface area contributed by atoms with Crippen molar-refractivity contribution >= 4 is 22.5 Å². The van der Waals surface area contributed by atoms with Gasteiger partial charge in [0.2, 0.25) is 5.82 Å². The molecule has 0 aliphatic carbocycles. The number of nitrogens with zero attached hydrogens (tertiary/aromatic N) is 5. The van der Waals surface area contributed by atoms with Crippen LogP contribution in [0.3, 0.4) is 0 Å². The first-order valence-corrected chi connectivity index (χ1v) is 12.3. The molecular weight excluding hydrogens is 480 g/mol. The van der Waals surface area contributed by atoms with Gasteiger partial charge < -0.3 is 19.8 Å². The molecule has 1 saturated heterocycles. The number of morpholine rings is 1. The highest BCUT2D eigenvalue weighted by molar-refractivity contribution is 5.83. The number of fused-ring (bicyclic) bond motifs is 1. The molecule has 5 aromatic rings. The summed E-state index contributed by atoms with van der Waals surface area (Å²) in [5.74, 6) is 8.07.